The van der Waals surface area contributed by atoms with Gasteiger partial charge in [0.25, 0.3) is 17.7 Å². The largest absolute Gasteiger partial charge is 0.457 e. The number of aliphatic imine (C=N–C) groups is 3. The first-order chi connectivity index (χ1) is 39.5. The Bertz CT molecular complexity index is 4000. The molecule has 0 bridgehead atoms. The number of aromatic amines is 3. The first-order valence-electron chi connectivity index (χ1n) is 24.0. The number of rotatable bonds is 9. The Kier molecular flexibility index (Phi) is 17.8. The Morgan fingerprint density at radius 1 is 0.417 bits per heavy atom. The standard InChI is InChI=1S/3C18H16F3N5O2/c1-24-17(23)26-16(27)15-8-12-13(18(19,20)21)6-11(7-14(12)25-15)28-10-4-2-9(22)3-5-10;1-24-17(23)26-16(27)13-8-11-12(18(19,20)21)6-7-14(15(11)25-13)28-10-4-2-9(22)3-5-10;1-24-17(23)26-16(27)13-8-11-12(18(19,20)21)5-6-14(15(11)25-13)28-10-4-2-3-9(22)7-10/h3*2-8,25H,22H2,1H3,(H3,23,24,26,27). The molecule has 84 heavy (non-hydrogen) atoms. The highest BCUT2D eigenvalue weighted by atomic mass is 19.4. The van der Waals surface area contributed by atoms with Crippen molar-refractivity contribution < 1.29 is 68.1 Å². The second-order valence-electron chi connectivity index (χ2n) is 17.5. The van der Waals surface area contributed by atoms with E-state index < -0.39 is 52.9 Å². The number of nitrogens with zero attached hydrogens (tertiary/aromatic N) is 3. The maximum absolute atomic E-state index is 13.5. The summed E-state index contributed by atoms with van der Waals surface area (Å²) in [4.78, 5) is 55.3. The molecule has 30 heteroatoms. The Hall–Kier alpha value is -11.1. The minimum Gasteiger partial charge on any atom is -0.457 e. The highest BCUT2D eigenvalue weighted by Gasteiger charge is 2.37. The number of nitrogens with one attached hydrogen (secondary N) is 6. The molecule has 0 radical (unpaired) electrons. The zero-order valence-electron chi connectivity index (χ0n) is 43.8. The smallest absolute Gasteiger partial charge is 0.417 e. The Balaban J connectivity index is 0.000000181. The number of anilines is 3. The third kappa shape index (κ3) is 14.8. The predicted molar refractivity (Wildman–Crippen MR) is 298 cm³/mol. The molecule has 0 atom stereocenters. The van der Waals surface area contributed by atoms with Gasteiger partial charge < -0.3 is 63.6 Å². The number of guanidine groups is 3. The van der Waals surface area contributed by atoms with Crippen LogP contribution >= 0.6 is 0 Å². The molecular weight excluding hydrogens is 1130 g/mol. The first-order valence-corrected chi connectivity index (χ1v) is 24.0. The van der Waals surface area contributed by atoms with E-state index in [0.717, 1.165) is 36.4 Å². The molecule has 9 rings (SSSR count). The molecule has 9 aromatic rings. The summed E-state index contributed by atoms with van der Waals surface area (Å²) in [6, 6.07) is 28.6. The van der Waals surface area contributed by atoms with Gasteiger partial charge >= 0.3 is 18.5 Å². The van der Waals surface area contributed by atoms with E-state index in [1.54, 1.807) is 54.6 Å². The van der Waals surface area contributed by atoms with Gasteiger partial charge in [0.15, 0.2) is 29.4 Å². The van der Waals surface area contributed by atoms with Crippen LogP contribution in [0.1, 0.15) is 48.2 Å². The van der Waals surface area contributed by atoms with Crippen molar-refractivity contribution in [1.82, 2.24) is 30.9 Å². The topological polar surface area (TPSA) is 356 Å². The van der Waals surface area contributed by atoms with Gasteiger partial charge in [0.1, 0.15) is 40.1 Å². The van der Waals surface area contributed by atoms with Crippen molar-refractivity contribution in [2.24, 2.45) is 32.2 Å². The number of amides is 3. The first kappa shape index (κ1) is 60.6. The van der Waals surface area contributed by atoms with Crippen LogP contribution in [0.5, 0.6) is 34.5 Å². The summed E-state index contributed by atoms with van der Waals surface area (Å²) >= 11 is 0. The summed E-state index contributed by atoms with van der Waals surface area (Å²) in [6.45, 7) is 0. The lowest BCUT2D eigenvalue weighted by molar-refractivity contribution is -0.137. The van der Waals surface area contributed by atoms with Gasteiger partial charge in [0.05, 0.1) is 33.2 Å². The maximum Gasteiger partial charge on any atom is 0.417 e. The summed E-state index contributed by atoms with van der Waals surface area (Å²) < 4.78 is 138. The molecule has 18 N–H and O–H groups in total. The fourth-order valence-electron chi connectivity index (χ4n) is 7.68. The lowest BCUT2D eigenvalue weighted by atomic mass is 10.1. The highest BCUT2D eigenvalue weighted by molar-refractivity contribution is 6.09. The molecule has 21 nitrogen and oxygen atoms in total. The summed E-state index contributed by atoms with van der Waals surface area (Å²) in [5.74, 6) is -1.48. The molecule has 0 spiro atoms. The van der Waals surface area contributed by atoms with E-state index in [-0.39, 0.29) is 84.9 Å². The molecule has 0 saturated heterocycles. The van der Waals surface area contributed by atoms with Crippen molar-refractivity contribution in [3.8, 4) is 34.5 Å². The molecule has 0 fully saturated rings. The fraction of sp³-hybridized carbons (Fsp3) is 0.111. The van der Waals surface area contributed by atoms with E-state index in [0.29, 0.717) is 34.3 Å². The lowest BCUT2D eigenvalue weighted by Gasteiger charge is -2.12. The van der Waals surface area contributed by atoms with Gasteiger partial charge in [0.2, 0.25) is 0 Å². The molecular formula is C54H48F9N15O6. The SMILES string of the molecule is CN=C(N)NC(=O)c1cc2c(C(F)(F)F)cc(Oc3ccc(N)cc3)cc2[nH]1.CN=C(N)NC(=O)c1cc2c(C(F)(F)F)ccc(Oc3ccc(N)cc3)c2[nH]1.CN=C(N)NC(=O)c1cc2c(C(F)(F)F)ccc(Oc3cccc(N)c3)c2[nH]1. The van der Waals surface area contributed by atoms with Gasteiger partial charge in [-0.3, -0.25) is 45.3 Å². The number of nitrogens with two attached hydrogens (primary N) is 6. The minimum atomic E-state index is -4.65. The Morgan fingerprint density at radius 2 is 0.810 bits per heavy atom. The second kappa shape index (κ2) is 24.7. The lowest BCUT2D eigenvalue weighted by Crippen LogP contribution is -2.36. The zero-order valence-corrected chi connectivity index (χ0v) is 43.8. The number of nitrogen functional groups attached to an aromatic ring is 3. The third-order valence-corrected chi connectivity index (χ3v) is 11.6. The molecule has 0 unspecified atom stereocenters. The maximum atomic E-state index is 13.5. The number of benzene rings is 6. The molecule has 0 saturated carbocycles. The number of halogens is 9. The van der Waals surface area contributed by atoms with Crippen molar-refractivity contribution in [2.45, 2.75) is 18.5 Å². The van der Waals surface area contributed by atoms with Crippen LogP contribution in [0.25, 0.3) is 32.7 Å². The van der Waals surface area contributed by atoms with E-state index in [2.05, 4.69) is 45.9 Å². The number of ether oxygens (including phenoxy) is 3. The van der Waals surface area contributed by atoms with Gasteiger partial charge in [-0.25, -0.2) is 0 Å². The van der Waals surface area contributed by atoms with Crippen LogP contribution in [-0.4, -0.2) is 71.7 Å². The van der Waals surface area contributed by atoms with Crippen LogP contribution in [0.4, 0.5) is 56.6 Å². The summed E-state index contributed by atoms with van der Waals surface area (Å²) in [5.41, 5.74) is 31.6. The van der Waals surface area contributed by atoms with Crippen LogP contribution in [0, 0.1) is 0 Å². The second-order valence-corrected chi connectivity index (χ2v) is 17.5. The minimum absolute atomic E-state index is 0.00871. The normalized spacial score (nSPS) is 12.2. The van der Waals surface area contributed by atoms with Crippen LogP contribution in [0.3, 0.4) is 0 Å². The van der Waals surface area contributed by atoms with Crippen molar-refractivity contribution in [3.63, 3.8) is 0 Å². The van der Waals surface area contributed by atoms with Gasteiger partial charge in [-0.05, 0) is 109 Å². The number of carbonyl (C=O) groups is 3. The summed E-state index contributed by atoms with van der Waals surface area (Å²) in [6.07, 6.45) is -13.9. The average molecular weight is 1170 g/mol. The molecule has 0 aliphatic carbocycles. The Labute approximate surface area is 467 Å². The molecule has 6 aromatic carbocycles. The predicted octanol–water partition coefficient (Wildman–Crippen LogP) is 9.71. The summed E-state index contributed by atoms with van der Waals surface area (Å²) in [5, 5.41) is 6.18. The van der Waals surface area contributed by atoms with E-state index >= 15 is 0 Å². The van der Waals surface area contributed by atoms with Gasteiger partial charge in [-0.15, -0.1) is 0 Å². The molecule has 0 aliphatic rings. The van der Waals surface area contributed by atoms with E-state index in [1.165, 1.54) is 57.5 Å². The van der Waals surface area contributed by atoms with Crippen LogP contribution in [0.15, 0.2) is 142 Å². The van der Waals surface area contributed by atoms with E-state index in [9.17, 15) is 53.9 Å². The van der Waals surface area contributed by atoms with Crippen molar-refractivity contribution >= 4 is 85.4 Å². The number of carbonyl (C=O) groups excluding carboxylic acids is 3. The number of aromatic nitrogens is 3. The van der Waals surface area contributed by atoms with Gasteiger partial charge in [0, 0.05) is 66.5 Å². The zero-order chi connectivity index (χ0) is 61.4. The van der Waals surface area contributed by atoms with Gasteiger partial charge in [-0.1, -0.05) is 6.07 Å². The average Bonchev–Trinajstić information content (AvgIpc) is 3.59. The number of fused-ring (bicyclic) bond motifs is 3. The summed E-state index contributed by atoms with van der Waals surface area (Å²) in [7, 11) is 4.09. The number of alkyl halides is 9. The van der Waals surface area contributed by atoms with Crippen LogP contribution in [0.2, 0.25) is 0 Å². The quantitative estimate of drug-likeness (QED) is 0.0278. The van der Waals surface area contributed by atoms with Crippen molar-refractivity contribution in [1.29, 1.82) is 0 Å². The monoisotopic (exact) mass is 1170 g/mol. The van der Waals surface area contributed by atoms with Crippen molar-refractivity contribution in [2.75, 3.05) is 38.3 Å². The fourth-order valence-corrected chi connectivity index (χ4v) is 7.68. The number of hydrogen-bond acceptors (Lipinski definition) is 12. The number of hydrogen-bond donors (Lipinski definition) is 12. The molecule has 0 aliphatic heterocycles. The highest BCUT2D eigenvalue weighted by Crippen LogP contribution is 2.43. The molecule has 3 aromatic heterocycles. The number of H-pyrrole nitrogens is 3. The Morgan fingerprint density at radius 3 is 1.21 bits per heavy atom. The van der Waals surface area contributed by atoms with Crippen LogP contribution in [-0.2, 0) is 18.5 Å². The van der Waals surface area contributed by atoms with E-state index in [1.807, 2.05) is 0 Å². The molecule has 438 valence electrons. The van der Waals surface area contributed by atoms with E-state index in [4.69, 9.17) is 48.6 Å². The van der Waals surface area contributed by atoms with Crippen molar-refractivity contribution in [3.05, 3.63) is 161 Å². The molecule has 3 amide bonds. The van der Waals surface area contributed by atoms with Gasteiger partial charge in [-0.2, -0.15) is 39.5 Å². The van der Waals surface area contributed by atoms with Crippen LogP contribution < -0.4 is 64.6 Å². The third-order valence-electron chi connectivity index (χ3n) is 11.6. The molecule has 3 heterocycles.